The Balaban J connectivity index is 1.90. The summed E-state index contributed by atoms with van der Waals surface area (Å²) in [6, 6.07) is 5.28. The van der Waals surface area contributed by atoms with Crippen LogP contribution in [0.5, 0.6) is 0 Å². The van der Waals surface area contributed by atoms with E-state index in [1.54, 1.807) is 12.1 Å². The van der Waals surface area contributed by atoms with Crippen LogP contribution in [0.2, 0.25) is 0 Å². The van der Waals surface area contributed by atoms with Crippen LogP contribution in [0.1, 0.15) is 38.7 Å². The number of hydrogen-bond donors (Lipinski definition) is 1. The van der Waals surface area contributed by atoms with Gasteiger partial charge in [0, 0.05) is 37.0 Å². The highest BCUT2D eigenvalue weighted by atomic mass is 16.6. The molecule has 130 valence electrons. The van der Waals surface area contributed by atoms with Gasteiger partial charge >= 0.3 is 0 Å². The fourth-order valence-electron chi connectivity index (χ4n) is 3.88. The molecule has 1 aromatic carbocycles. The molecule has 2 heterocycles. The van der Waals surface area contributed by atoms with Crippen molar-refractivity contribution in [3.8, 4) is 0 Å². The maximum Gasteiger partial charge on any atom is 0.269 e. The molecule has 24 heavy (non-hydrogen) atoms. The molecule has 2 aliphatic rings. The van der Waals surface area contributed by atoms with Crippen molar-refractivity contribution in [3.63, 3.8) is 0 Å². The minimum absolute atomic E-state index is 0.0813. The van der Waals surface area contributed by atoms with Crippen molar-refractivity contribution in [2.24, 2.45) is 11.8 Å². The average molecular weight is 331 g/mol. The maximum absolute atomic E-state index is 12.7. The molecule has 0 aliphatic carbocycles. The minimum Gasteiger partial charge on any atom is -0.368 e. The number of carbonyl (C=O) groups excluding carboxylic acids is 1. The first kappa shape index (κ1) is 16.7. The van der Waals surface area contributed by atoms with E-state index in [-0.39, 0.29) is 28.5 Å². The van der Waals surface area contributed by atoms with Crippen LogP contribution in [0.4, 0.5) is 11.4 Å². The fourth-order valence-corrected chi connectivity index (χ4v) is 3.88. The van der Waals surface area contributed by atoms with E-state index in [9.17, 15) is 14.9 Å². The summed E-state index contributed by atoms with van der Waals surface area (Å²) in [4.78, 5) is 25.7. The zero-order valence-corrected chi connectivity index (χ0v) is 14.3. The van der Waals surface area contributed by atoms with E-state index in [0.29, 0.717) is 18.9 Å². The molecule has 0 saturated carbocycles. The van der Waals surface area contributed by atoms with Gasteiger partial charge in [-0.25, -0.2) is 0 Å². The lowest BCUT2D eigenvalue weighted by Crippen LogP contribution is -2.53. The van der Waals surface area contributed by atoms with Gasteiger partial charge in [0.25, 0.3) is 5.69 Å². The van der Waals surface area contributed by atoms with E-state index >= 15 is 0 Å². The predicted molar refractivity (Wildman–Crippen MR) is 93.1 cm³/mol. The third kappa shape index (κ3) is 3.23. The Hall–Kier alpha value is -2.11. The number of nitro benzene ring substituents is 1. The number of benzene rings is 1. The largest absolute Gasteiger partial charge is 0.368 e. The van der Waals surface area contributed by atoms with Gasteiger partial charge in [0.2, 0.25) is 5.91 Å². The lowest BCUT2D eigenvalue weighted by atomic mass is 9.80. The number of anilines is 1. The third-order valence-electron chi connectivity index (χ3n) is 5.06. The topological polar surface area (TPSA) is 75.5 Å². The number of hydrogen-bond acceptors (Lipinski definition) is 4. The number of amides is 1. The van der Waals surface area contributed by atoms with Gasteiger partial charge in [0.1, 0.15) is 0 Å². The molecule has 0 aromatic heterocycles. The number of piperidine rings is 1. The summed E-state index contributed by atoms with van der Waals surface area (Å²) in [7, 11) is 0. The Bertz CT molecular complexity index is 644. The molecule has 2 aliphatic heterocycles. The van der Waals surface area contributed by atoms with Gasteiger partial charge in [-0.15, -0.1) is 0 Å². The SMILES string of the molecule is CC(C)CNC(=O)[C@@H]1Cc2cc([N+](=O)[O-])ccc2N2CCCC[C@H]12. The van der Waals surface area contributed by atoms with Crippen LogP contribution in [0.3, 0.4) is 0 Å². The highest BCUT2D eigenvalue weighted by Gasteiger charge is 2.39. The second-order valence-electron chi connectivity index (χ2n) is 7.28. The summed E-state index contributed by atoms with van der Waals surface area (Å²) in [5.74, 6) is 0.365. The van der Waals surface area contributed by atoms with Crippen LogP contribution in [0, 0.1) is 22.0 Å². The summed E-state index contributed by atoms with van der Waals surface area (Å²) in [6.07, 6.45) is 3.84. The fraction of sp³-hybridized carbons (Fsp3) is 0.611. The normalized spacial score (nSPS) is 22.7. The van der Waals surface area contributed by atoms with E-state index in [4.69, 9.17) is 0 Å². The molecule has 1 aromatic rings. The quantitative estimate of drug-likeness (QED) is 0.680. The lowest BCUT2D eigenvalue weighted by Gasteiger charge is -2.46. The van der Waals surface area contributed by atoms with E-state index < -0.39 is 0 Å². The molecule has 1 amide bonds. The molecule has 6 heteroatoms. The lowest BCUT2D eigenvalue weighted by molar-refractivity contribution is -0.384. The number of nitrogens with one attached hydrogen (secondary N) is 1. The first-order valence-electron chi connectivity index (χ1n) is 8.79. The molecular weight excluding hydrogens is 306 g/mol. The molecule has 1 fully saturated rings. The van der Waals surface area contributed by atoms with Gasteiger partial charge in [-0.05, 0) is 43.2 Å². The van der Waals surface area contributed by atoms with Crippen LogP contribution in [-0.2, 0) is 11.2 Å². The summed E-state index contributed by atoms with van der Waals surface area (Å²) < 4.78 is 0. The van der Waals surface area contributed by atoms with Gasteiger partial charge in [0.15, 0.2) is 0 Å². The molecule has 6 nitrogen and oxygen atoms in total. The number of rotatable bonds is 4. The Morgan fingerprint density at radius 1 is 1.42 bits per heavy atom. The molecule has 0 radical (unpaired) electrons. The number of carbonyl (C=O) groups is 1. The number of non-ortho nitro benzene ring substituents is 1. The number of nitrogens with zero attached hydrogens (tertiary/aromatic N) is 2. The van der Waals surface area contributed by atoms with Gasteiger partial charge in [-0.3, -0.25) is 14.9 Å². The van der Waals surface area contributed by atoms with Crippen molar-refractivity contribution in [2.75, 3.05) is 18.0 Å². The molecule has 1 N–H and O–H groups in total. The van der Waals surface area contributed by atoms with E-state index in [1.165, 1.54) is 0 Å². The van der Waals surface area contributed by atoms with E-state index in [0.717, 1.165) is 37.1 Å². The van der Waals surface area contributed by atoms with Crippen molar-refractivity contribution >= 4 is 17.3 Å². The Morgan fingerprint density at radius 2 is 2.21 bits per heavy atom. The van der Waals surface area contributed by atoms with Crippen LogP contribution in [0.25, 0.3) is 0 Å². The standard InChI is InChI=1S/C18H25N3O3/c1-12(2)11-19-18(22)15-10-13-9-14(21(23)24)6-7-16(13)20-8-4-3-5-17(15)20/h6-7,9,12,15,17H,3-5,8,10-11H2,1-2H3,(H,19,22)/t15-,17-/m1/s1. The Morgan fingerprint density at radius 3 is 2.92 bits per heavy atom. The second-order valence-corrected chi connectivity index (χ2v) is 7.28. The van der Waals surface area contributed by atoms with Crippen LogP contribution in [-0.4, -0.2) is 30.0 Å². The first-order chi connectivity index (χ1) is 11.5. The highest BCUT2D eigenvalue weighted by Crippen LogP contribution is 2.39. The second kappa shape index (κ2) is 6.79. The average Bonchev–Trinajstić information content (AvgIpc) is 2.58. The van der Waals surface area contributed by atoms with Crippen LogP contribution < -0.4 is 10.2 Å². The molecular formula is C18H25N3O3. The summed E-state index contributed by atoms with van der Waals surface area (Å²) in [5.41, 5.74) is 2.09. The van der Waals surface area contributed by atoms with Crippen LogP contribution in [0.15, 0.2) is 18.2 Å². The van der Waals surface area contributed by atoms with E-state index in [2.05, 4.69) is 24.1 Å². The third-order valence-corrected chi connectivity index (χ3v) is 5.06. The minimum atomic E-state index is -0.365. The molecule has 1 saturated heterocycles. The summed E-state index contributed by atoms with van der Waals surface area (Å²) in [5, 5.41) is 14.1. The van der Waals surface area contributed by atoms with Crippen molar-refractivity contribution in [3.05, 3.63) is 33.9 Å². The van der Waals surface area contributed by atoms with Crippen LogP contribution >= 0.6 is 0 Å². The van der Waals surface area contributed by atoms with E-state index in [1.807, 2.05) is 6.07 Å². The van der Waals surface area contributed by atoms with Crippen molar-refractivity contribution in [2.45, 2.75) is 45.6 Å². The van der Waals surface area contributed by atoms with Gasteiger partial charge in [-0.2, -0.15) is 0 Å². The van der Waals surface area contributed by atoms with Gasteiger partial charge in [-0.1, -0.05) is 13.8 Å². The van der Waals surface area contributed by atoms with Gasteiger partial charge in [0.05, 0.1) is 10.8 Å². The van der Waals surface area contributed by atoms with Crippen molar-refractivity contribution in [1.82, 2.24) is 5.32 Å². The predicted octanol–water partition coefficient (Wildman–Crippen LogP) is 2.90. The van der Waals surface area contributed by atoms with Crippen molar-refractivity contribution < 1.29 is 9.72 Å². The molecule has 2 atom stereocenters. The van der Waals surface area contributed by atoms with Crippen molar-refractivity contribution in [1.29, 1.82) is 0 Å². The number of fused-ring (bicyclic) bond motifs is 3. The smallest absolute Gasteiger partial charge is 0.269 e. The first-order valence-corrected chi connectivity index (χ1v) is 8.79. The maximum atomic E-state index is 12.7. The zero-order chi connectivity index (χ0) is 17.3. The molecule has 0 unspecified atom stereocenters. The molecule has 3 rings (SSSR count). The molecule has 0 spiro atoms. The summed E-state index contributed by atoms with van der Waals surface area (Å²) >= 11 is 0. The monoisotopic (exact) mass is 331 g/mol. The highest BCUT2D eigenvalue weighted by molar-refractivity contribution is 5.82. The summed E-state index contributed by atoms with van der Waals surface area (Å²) in [6.45, 7) is 5.74. The van der Waals surface area contributed by atoms with Gasteiger partial charge < -0.3 is 10.2 Å². The Kier molecular flexibility index (Phi) is 4.73. The zero-order valence-electron chi connectivity index (χ0n) is 14.3. The Labute approximate surface area is 142 Å². The molecule has 0 bridgehead atoms. The number of nitro groups is 1.